The topological polar surface area (TPSA) is 75.6 Å². The molecule has 1 rings (SSSR count). The van der Waals surface area contributed by atoms with Crippen LogP contribution in [0.2, 0.25) is 0 Å². The van der Waals surface area contributed by atoms with E-state index in [1.165, 1.54) is 24.3 Å². The van der Waals surface area contributed by atoms with Crippen molar-refractivity contribution in [3.63, 3.8) is 0 Å². The second kappa shape index (κ2) is 8.08. The summed E-state index contributed by atoms with van der Waals surface area (Å²) in [7, 11) is 0. The van der Waals surface area contributed by atoms with E-state index in [-0.39, 0.29) is 18.1 Å². The number of carboxylic acids is 1. The number of hydrogen-bond acceptors (Lipinski definition) is 3. The molecule has 7 heteroatoms. The third-order valence-corrected chi connectivity index (χ3v) is 2.44. The molecule has 0 fully saturated rings. The number of rotatable bonds is 8. The van der Waals surface area contributed by atoms with E-state index in [1.807, 2.05) is 0 Å². The van der Waals surface area contributed by atoms with Crippen molar-refractivity contribution in [2.75, 3.05) is 6.54 Å². The Labute approximate surface area is 114 Å². The van der Waals surface area contributed by atoms with Crippen molar-refractivity contribution in [1.82, 2.24) is 5.32 Å². The number of halogens is 2. The summed E-state index contributed by atoms with van der Waals surface area (Å²) in [6.07, 6.45) is 1.11. The molecule has 0 aliphatic carbocycles. The lowest BCUT2D eigenvalue weighted by molar-refractivity contribution is -0.137. The Morgan fingerprint density at radius 2 is 1.85 bits per heavy atom. The van der Waals surface area contributed by atoms with E-state index < -0.39 is 12.6 Å². The van der Waals surface area contributed by atoms with E-state index in [1.54, 1.807) is 0 Å². The molecule has 0 aromatic heterocycles. The molecule has 1 aromatic rings. The maximum atomic E-state index is 11.9. The maximum absolute atomic E-state index is 11.9. The summed E-state index contributed by atoms with van der Waals surface area (Å²) < 4.78 is 28.0. The zero-order valence-corrected chi connectivity index (χ0v) is 10.6. The van der Waals surface area contributed by atoms with Crippen LogP contribution in [0.4, 0.5) is 8.78 Å². The number of nitrogens with one attached hydrogen (secondary N) is 1. The van der Waals surface area contributed by atoms with Crippen LogP contribution in [-0.2, 0) is 4.79 Å². The van der Waals surface area contributed by atoms with Crippen LogP contribution in [0.3, 0.4) is 0 Å². The number of benzene rings is 1. The van der Waals surface area contributed by atoms with Crippen molar-refractivity contribution in [1.29, 1.82) is 0 Å². The molecular formula is C13H15F2NO4. The van der Waals surface area contributed by atoms with Crippen molar-refractivity contribution >= 4 is 11.9 Å². The van der Waals surface area contributed by atoms with Gasteiger partial charge < -0.3 is 15.2 Å². The maximum Gasteiger partial charge on any atom is 0.387 e. The van der Waals surface area contributed by atoms with Gasteiger partial charge in [-0.05, 0) is 37.1 Å². The Bertz CT molecular complexity index is 448. The molecule has 1 aromatic carbocycles. The predicted molar refractivity (Wildman–Crippen MR) is 66.9 cm³/mol. The van der Waals surface area contributed by atoms with Gasteiger partial charge in [0.15, 0.2) is 0 Å². The van der Waals surface area contributed by atoms with Gasteiger partial charge in [0.2, 0.25) is 0 Å². The molecule has 2 N–H and O–H groups in total. The normalized spacial score (nSPS) is 10.3. The van der Waals surface area contributed by atoms with Gasteiger partial charge in [0.1, 0.15) is 5.75 Å². The summed E-state index contributed by atoms with van der Waals surface area (Å²) in [5.74, 6) is -1.23. The number of unbranched alkanes of at least 4 members (excludes halogenated alkanes) is 1. The summed E-state index contributed by atoms with van der Waals surface area (Å²) in [4.78, 5) is 21.9. The predicted octanol–water partition coefficient (Wildman–Crippen LogP) is 2.27. The number of ether oxygens (including phenoxy) is 1. The lowest BCUT2D eigenvalue weighted by Crippen LogP contribution is -2.24. The molecular weight excluding hydrogens is 272 g/mol. The van der Waals surface area contributed by atoms with Crippen molar-refractivity contribution in [3.05, 3.63) is 29.8 Å². The van der Waals surface area contributed by atoms with Gasteiger partial charge >= 0.3 is 12.6 Å². The van der Waals surface area contributed by atoms with E-state index in [0.717, 1.165) is 0 Å². The zero-order valence-electron chi connectivity index (χ0n) is 10.6. The molecule has 5 nitrogen and oxygen atoms in total. The molecule has 0 heterocycles. The van der Waals surface area contributed by atoms with Crippen molar-refractivity contribution in [3.8, 4) is 5.75 Å². The minimum Gasteiger partial charge on any atom is -0.481 e. The summed E-state index contributed by atoms with van der Waals surface area (Å²) in [6, 6.07) is 5.32. The first kappa shape index (κ1) is 15.9. The molecule has 20 heavy (non-hydrogen) atoms. The van der Waals surface area contributed by atoms with Gasteiger partial charge in [-0.15, -0.1) is 0 Å². The first-order chi connectivity index (χ1) is 9.49. The molecule has 0 radical (unpaired) electrons. The van der Waals surface area contributed by atoms with Crippen LogP contribution < -0.4 is 10.1 Å². The number of carbonyl (C=O) groups is 2. The van der Waals surface area contributed by atoms with Gasteiger partial charge in [-0.1, -0.05) is 0 Å². The molecule has 0 saturated heterocycles. The molecule has 0 spiro atoms. The third kappa shape index (κ3) is 6.12. The summed E-state index contributed by atoms with van der Waals surface area (Å²) in [5.41, 5.74) is 0.324. The molecule has 0 bridgehead atoms. The van der Waals surface area contributed by atoms with Gasteiger partial charge in [0.05, 0.1) is 0 Å². The monoisotopic (exact) mass is 287 g/mol. The van der Waals surface area contributed by atoms with Gasteiger partial charge in [-0.25, -0.2) is 0 Å². The summed E-state index contributed by atoms with van der Waals surface area (Å²) in [6.45, 7) is -2.54. The standard InChI is InChI=1S/C13H15F2NO4/c14-13(15)20-10-6-4-9(5-7-10)12(19)16-8-2-1-3-11(17)18/h4-7,13H,1-3,8H2,(H,16,19)(H,17,18). The number of alkyl halides is 2. The zero-order chi connectivity index (χ0) is 15.0. The second-order valence-corrected chi connectivity index (χ2v) is 4.01. The summed E-state index contributed by atoms with van der Waals surface area (Å²) in [5, 5.41) is 11.0. The minimum atomic E-state index is -2.90. The average molecular weight is 287 g/mol. The number of hydrogen-bond donors (Lipinski definition) is 2. The molecule has 0 unspecified atom stereocenters. The quantitative estimate of drug-likeness (QED) is 0.719. The Hall–Kier alpha value is -2.18. The van der Waals surface area contributed by atoms with Crippen molar-refractivity contribution < 1.29 is 28.2 Å². The number of carboxylic acid groups (broad SMARTS) is 1. The van der Waals surface area contributed by atoms with Gasteiger partial charge in [-0.3, -0.25) is 9.59 Å². The largest absolute Gasteiger partial charge is 0.481 e. The van der Waals surface area contributed by atoms with E-state index in [0.29, 0.717) is 24.9 Å². The van der Waals surface area contributed by atoms with Crippen molar-refractivity contribution in [2.24, 2.45) is 0 Å². The van der Waals surface area contributed by atoms with Crippen LogP contribution in [0, 0.1) is 0 Å². The first-order valence-electron chi connectivity index (χ1n) is 6.04. The smallest absolute Gasteiger partial charge is 0.387 e. The highest BCUT2D eigenvalue weighted by molar-refractivity contribution is 5.94. The van der Waals surface area contributed by atoms with Crippen LogP contribution in [0.25, 0.3) is 0 Å². The van der Waals surface area contributed by atoms with Crippen LogP contribution in [0.15, 0.2) is 24.3 Å². The molecule has 0 aliphatic rings. The van der Waals surface area contributed by atoms with Crippen LogP contribution in [-0.4, -0.2) is 30.1 Å². The highest BCUT2D eigenvalue weighted by atomic mass is 19.3. The third-order valence-electron chi connectivity index (χ3n) is 2.44. The molecule has 0 aliphatic heterocycles. The number of aliphatic carboxylic acids is 1. The molecule has 110 valence electrons. The van der Waals surface area contributed by atoms with Crippen LogP contribution in [0.1, 0.15) is 29.6 Å². The van der Waals surface area contributed by atoms with E-state index in [4.69, 9.17) is 5.11 Å². The Morgan fingerprint density at radius 3 is 2.40 bits per heavy atom. The van der Waals surface area contributed by atoms with Gasteiger partial charge in [-0.2, -0.15) is 8.78 Å². The lowest BCUT2D eigenvalue weighted by Gasteiger charge is -2.07. The fourth-order valence-electron chi connectivity index (χ4n) is 1.49. The Balaban J connectivity index is 2.34. The van der Waals surface area contributed by atoms with Crippen molar-refractivity contribution in [2.45, 2.75) is 25.9 Å². The SMILES string of the molecule is O=C(O)CCCCNC(=O)c1ccc(OC(F)F)cc1. The van der Waals surface area contributed by atoms with Crippen LogP contribution >= 0.6 is 0 Å². The Morgan fingerprint density at radius 1 is 1.20 bits per heavy atom. The lowest BCUT2D eigenvalue weighted by atomic mass is 10.2. The van der Waals surface area contributed by atoms with Gasteiger partial charge in [0.25, 0.3) is 5.91 Å². The fourth-order valence-corrected chi connectivity index (χ4v) is 1.49. The van der Waals surface area contributed by atoms with E-state index in [9.17, 15) is 18.4 Å². The highest BCUT2D eigenvalue weighted by Crippen LogP contribution is 2.14. The average Bonchev–Trinajstić information content (AvgIpc) is 2.38. The molecule has 1 amide bonds. The van der Waals surface area contributed by atoms with Crippen LogP contribution in [0.5, 0.6) is 5.75 Å². The fraction of sp³-hybridized carbons (Fsp3) is 0.385. The van der Waals surface area contributed by atoms with E-state index in [2.05, 4.69) is 10.1 Å². The molecule has 0 saturated carbocycles. The highest BCUT2D eigenvalue weighted by Gasteiger charge is 2.07. The minimum absolute atomic E-state index is 0.0157. The second-order valence-electron chi connectivity index (χ2n) is 4.01. The van der Waals surface area contributed by atoms with Gasteiger partial charge in [0, 0.05) is 18.5 Å². The first-order valence-corrected chi connectivity index (χ1v) is 6.04. The number of carbonyl (C=O) groups excluding carboxylic acids is 1. The van der Waals surface area contributed by atoms with E-state index >= 15 is 0 Å². The summed E-state index contributed by atoms with van der Waals surface area (Å²) >= 11 is 0. The number of amides is 1. The molecule has 0 atom stereocenters. The Kier molecular flexibility index (Phi) is 6.42.